The summed E-state index contributed by atoms with van der Waals surface area (Å²) in [5, 5.41) is 1.53. The van der Waals surface area contributed by atoms with Gasteiger partial charge in [0.1, 0.15) is 5.82 Å². The van der Waals surface area contributed by atoms with E-state index in [-0.39, 0.29) is 11.2 Å². The number of rotatable bonds is 3. The van der Waals surface area contributed by atoms with Crippen LogP contribution >= 0.6 is 27.5 Å². The van der Waals surface area contributed by atoms with Crippen LogP contribution < -0.4 is 0 Å². The summed E-state index contributed by atoms with van der Waals surface area (Å²) >= 11 is 9.74. The van der Waals surface area contributed by atoms with Crippen molar-refractivity contribution in [1.82, 2.24) is 0 Å². The largest absolute Gasteiger partial charge is 0.207 e. The molecule has 0 N–H and O–H groups in total. The highest BCUT2D eigenvalue weighted by molar-refractivity contribution is 9.09. The van der Waals surface area contributed by atoms with Crippen molar-refractivity contribution in [1.29, 1.82) is 0 Å². The molecule has 0 saturated heterocycles. The first-order valence-corrected chi connectivity index (χ1v) is 7.62. The summed E-state index contributed by atoms with van der Waals surface area (Å²) < 4.78 is 13.8. The van der Waals surface area contributed by atoms with E-state index in [2.05, 4.69) is 15.9 Å². The molecule has 0 spiro atoms. The van der Waals surface area contributed by atoms with Crippen molar-refractivity contribution in [3.63, 3.8) is 0 Å². The van der Waals surface area contributed by atoms with Crippen molar-refractivity contribution < 1.29 is 4.39 Å². The Kier molecular flexibility index (Phi) is 2.99. The molecular formula is C14H15BrClF. The summed E-state index contributed by atoms with van der Waals surface area (Å²) in [6.45, 7) is 0. The molecule has 2 atom stereocenters. The maximum absolute atomic E-state index is 13.8. The van der Waals surface area contributed by atoms with E-state index in [0.717, 1.165) is 23.6 Å². The van der Waals surface area contributed by atoms with Crippen LogP contribution in [0.5, 0.6) is 0 Å². The molecule has 2 fully saturated rings. The van der Waals surface area contributed by atoms with Gasteiger partial charge in [0.05, 0.1) is 0 Å². The molecule has 0 amide bonds. The van der Waals surface area contributed by atoms with Crippen LogP contribution in [-0.4, -0.2) is 5.33 Å². The van der Waals surface area contributed by atoms with Crippen LogP contribution in [0, 0.1) is 23.1 Å². The number of halogens is 3. The first-order valence-electron chi connectivity index (χ1n) is 6.12. The number of fused-ring (bicyclic) bond motifs is 1. The van der Waals surface area contributed by atoms with Gasteiger partial charge in [0.25, 0.3) is 0 Å². The van der Waals surface area contributed by atoms with Gasteiger partial charge in [-0.3, -0.25) is 0 Å². The van der Waals surface area contributed by atoms with Gasteiger partial charge in [0.15, 0.2) is 0 Å². The topological polar surface area (TPSA) is 0 Å². The number of alkyl halides is 1. The Morgan fingerprint density at radius 2 is 2.06 bits per heavy atom. The Labute approximate surface area is 115 Å². The summed E-state index contributed by atoms with van der Waals surface area (Å²) in [7, 11) is 0. The minimum absolute atomic E-state index is 0.154. The van der Waals surface area contributed by atoms with E-state index in [9.17, 15) is 4.39 Å². The SMILES string of the molecule is Fc1cccc(Cl)c1CC1(CBr)CC2CC2C1. The summed E-state index contributed by atoms with van der Waals surface area (Å²) in [6, 6.07) is 4.98. The van der Waals surface area contributed by atoms with Crippen molar-refractivity contribution in [2.75, 3.05) is 5.33 Å². The second-order valence-corrected chi connectivity index (χ2v) is 6.64. The first kappa shape index (κ1) is 12.0. The third kappa shape index (κ3) is 2.15. The molecule has 3 heteroatoms. The zero-order valence-electron chi connectivity index (χ0n) is 9.56. The molecule has 2 aliphatic carbocycles. The molecule has 17 heavy (non-hydrogen) atoms. The second-order valence-electron chi connectivity index (χ2n) is 5.67. The predicted molar refractivity (Wildman–Crippen MR) is 72.2 cm³/mol. The Bertz CT molecular complexity index is 416. The van der Waals surface area contributed by atoms with E-state index < -0.39 is 0 Å². The van der Waals surface area contributed by atoms with E-state index in [1.54, 1.807) is 12.1 Å². The molecule has 0 aromatic heterocycles. The zero-order chi connectivity index (χ0) is 12.0. The molecular weight excluding hydrogens is 303 g/mol. The quantitative estimate of drug-likeness (QED) is 0.700. The lowest BCUT2D eigenvalue weighted by Gasteiger charge is -2.29. The third-order valence-corrected chi connectivity index (χ3v) is 5.90. The van der Waals surface area contributed by atoms with Gasteiger partial charge in [-0.2, -0.15) is 0 Å². The average molecular weight is 318 g/mol. The summed E-state index contributed by atoms with van der Waals surface area (Å²) in [5.41, 5.74) is 0.939. The lowest BCUT2D eigenvalue weighted by Crippen LogP contribution is -2.24. The normalized spacial score (nSPS) is 34.8. The lowest BCUT2D eigenvalue weighted by molar-refractivity contribution is 0.304. The highest BCUT2D eigenvalue weighted by atomic mass is 79.9. The van der Waals surface area contributed by atoms with Crippen LogP contribution in [-0.2, 0) is 6.42 Å². The Balaban J connectivity index is 1.86. The van der Waals surface area contributed by atoms with E-state index in [1.165, 1.54) is 25.3 Å². The standard InChI is InChI=1S/C14H15BrClF/c15-8-14(5-9-4-10(9)6-14)7-11-12(16)2-1-3-13(11)17/h1-3,9-10H,4-8H2. The first-order chi connectivity index (χ1) is 8.13. The van der Waals surface area contributed by atoms with Gasteiger partial charge in [-0.15, -0.1) is 0 Å². The van der Waals surface area contributed by atoms with Gasteiger partial charge >= 0.3 is 0 Å². The van der Waals surface area contributed by atoms with Crippen LogP contribution in [0.1, 0.15) is 24.8 Å². The fraction of sp³-hybridized carbons (Fsp3) is 0.571. The fourth-order valence-corrected chi connectivity index (χ4v) is 4.27. The van der Waals surface area contributed by atoms with E-state index in [0.29, 0.717) is 10.6 Å². The summed E-state index contributed by atoms with van der Waals surface area (Å²) in [5.74, 6) is 1.65. The van der Waals surface area contributed by atoms with Crippen molar-refractivity contribution in [2.24, 2.45) is 17.3 Å². The van der Waals surface area contributed by atoms with E-state index >= 15 is 0 Å². The highest BCUT2D eigenvalue weighted by Gasteiger charge is 2.53. The second kappa shape index (κ2) is 4.24. The molecule has 1 aromatic rings. The zero-order valence-corrected chi connectivity index (χ0v) is 11.9. The van der Waals surface area contributed by atoms with Crippen LogP contribution in [0.3, 0.4) is 0 Å². The van der Waals surface area contributed by atoms with Gasteiger partial charge in [-0.25, -0.2) is 4.39 Å². The fourth-order valence-electron chi connectivity index (χ4n) is 3.38. The molecule has 3 rings (SSSR count). The Morgan fingerprint density at radius 1 is 1.35 bits per heavy atom. The lowest BCUT2D eigenvalue weighted by atomic mass is 9.79. The van der Waals surface area contributed by atoms with E-state index in [4.69, 9.17) is 11.6 Å². The minimum atomic E-state index is -0.154. The van der Waals surface area contributed by atoms with Gasteiger partial charge < -0.3 is 0 Å². The molecule has 2 saturated carbocycles. The average Bonchev–Trinajstić information content (AvgIpc) is 2.93. The molecule has 0 bridgehead atoms. The molecule has 1 aromatic carbocycles. The van der Waals surface area contributed by atoms with Crippen LogP contribution in [0.25, 0.3) is 0 Å². The maximum atomic E-state index is 13.8. The minimum Gasteiger partial charge on any atom is -0.207 e. The molecule has 2 unspecified atom stereocenters. The summed E-state index contributed by atoms with van der Waals surface area (Å²) in [4.78, 5) is 0. The molecule has 0 heterocycles. The number of hydrogen-bond donors (Lipinski definition) is 0. The maximum Gasteiger partial charge on any atom is 0.127 e. The number of hydrogen-bond acceptors (Lipinski definition) is 0. The predicted octanol–water partition coefficient (Wildman–Crippen LogP) is 4.83. The Morgan fingerprint density at radius 3 is 2.65 bits per heavy atom. The molecule has 0 aliphatic heterocycles. The van der Waals surface area contributed by atoms with E-state index in [1.807, 2.05) is 0 Å². The molecule has 0 radical (unpaired) electrons. The number of benzene rings is 1. The van der Waals surface area contributed by atoms with Gasteiger partial charge in [0, 0.05) is 15.9 Å². The van der Waals surface area contributed by atoms with Gasteiger partial charge in [-0.05, 0) is 55.1 Å². The van der Waals surface area contributed by atoms with Gasteiger partial charge in [-0.1, -0.05) is 33.6 Å². The molecule has 92 valence electrons. The monoisotopic (exact) mass is 316 g/mol. The van der Waals surface area contributed by atoms with Crippen molar-refractivity contribution >= 4 is 27.5 Å². The Hall–Kier alpha value is -0.0800. The van der Waals surface area contributed by atoms with Crippen molar-refractivity contribution in [3.8, 4) is 0 Å². The van der Waals surface area contributed by atoms with Crippen LogP contribution in [0.4, 0.5) is 4.39 Å². The van der Waals surface area contributed by atoms with Gasteiger partial charge in [0.2, 0.25) is 0 Å². The summed E-state index contributed by atoms with van der Waals surface area (Å²) in [6.07, 6.45) is 4.62. The third-order valence-electron chi connectivity index (χ3n) is 4.36. The van der Waals surface area contributed by atoms with Crippen LogP contribution in [0.15, 0.2) is 18.2 Å². The molecule has 0 nitrogen and oxygen atoms in total. The smallest absolute Gasteiger partial charge is 0.127 e. The highest BCUT2D eigenvalue weighted by Crippen LogP contribution is 2.61. The van der Waals surface area contributed by atoms with Crippen molar-refractivity contribution in [2.45, 2.75) is 25.7 Å². The molecule has 2 aliphatic rings. The van der Waals surface area contributed by atoms with Crippen LogP contribution in [0.2, 0.25) is 5.02 Å². The van der Waals surface area contributed by atoms with Crippen molar-refractivity contribution in [3.05, 3.63) is 34.6 Å².